The monoisotopic (exact) mass is 393 g/mol. The number of rotatable bonds is 7. The summed E-state index contributed by atoms with van der Waals surface area (Å²) in [6, 6.07) is 6.20. The third-order valence-corrected chi connectivity index (χ3v) is 3.40. The van der Waals surface area contributed by atoms with E-state index in [1.807, 2.05) is 0 Å². The van der Waals surface area contributed by atoms with Gasteiger partial charge in [0.25, 0.3) is 0 Å². The Kier molecular flexibility index (Phi) is 6.81. The summed E-state index contributed by atoms with van der Waals surface area (Å²) in [5.74, 6) is -1.23. The van der Waals surface area contributed by atoms with Gasteiger partial charge in [-0.1, -0.05) is 29.4 Å². The van der Waals surface area contributed by atoms with Crippen LogP contribution in [-0.4, -0.2) is 40.9 Å². The zero-order valence-electron chi connectivity index (χ0n) is 13.6. The van der Waals surface area contributed by atoms with Crippen molar-refractivity contribution in [2.24, 2.45) is 0 Å². The number of aromatic nitrogens is 2. The second-order valence-corrected chi connectivity index (χ2v) is 5.37. The van der Waals surface area contributed by atoms with Crippen LogP contribution in [0, 0.1) is 0 Å². The molecule has 26 heavy (non-hydrogen) atoms. The second-order valence-electron chi connectivity index (χ2n) is 4.99. The van der Waals surface area contributed by atoms with E-state index >= 15 is 0 Å². The molecule has 0 aliphatic rings. The second kappa shape index (κ2) is 8.86. The summed E-state index contributed by atoms with van der Waals surface area (Å²) in [6.07, 6.45) is -4.85. The van der Waals surface area contributed by atoms with Gasteiger partial charge in [-0.05, 0) is 12.0 Å². The van der Waals surface area contributed by atoms with E-state index < -0.39 is 18.2 Å². The maximum absolute atomic E-state index is 12.5. The quantitative estimate of drug-likeness (QED) is 0.403. The molecule has 0 saturated heterocycles. The van der Waals surface area contributed by atoms with Gasteiger partial charge in [0.05, 0.1) is 20.3 Å². The van der Waals surface area contributed by atoms with E-state index in [-0.39, 0.29) is 19.0 Å². The highest BCUT2D eigenvalue weighted by Crippen LogP contribution is 2.29. The number of nitrogens with zero attached hydrogens (tertiary/aromatic N) is 3. The van der Waals surface area contributed by atoms with E-state index in [0.717, 1.165) is 5.06 Å². The molecule has 0 unspecified atom stereocenters. The standard InChI is InChI=1S/C15H15ClF3N3O4/c1-24-22(14(23)25-8-2-7-16)9-10-3-5-11(6-4-10)12-20-13(26-21-12)15(17,18)19/h3-6H,2,7-9H2,1H3. The fourth-order valence-electron chi connectivity index (χ4n) is 1.87. The molecule has 0 aliphatic carbocycles. The van der Waals surface area contributed by atoms with E-state index in [2.05, 4.69) is 14.7 Å². The minimum Gasteiger partial charge on any atom is -0.448 e. The van der Waals surface area contributed by atoms with Crippen molar-refractivity contribution in [3.8, 4) is 11.4 Å². The predicted molar refractivity (Wildman–Crippen MR) is 84.0 cm³/mol. The molecule has 0 aliphatic heterocycles. The normalized spacial score (nSPS) is 11.4. The molecule has 0 fully saturated rings. The lowest BCUT2D eigenvalue weighted by molar-refractivity contribution is -0.159. The van der Waals surface area contributed by atoms with E-state index in [0.29, 0.717) is 23.4 Å². The van der Waals surface area contributed by atoms with Crippen molar-refractivity contribution in [1.29, 1.82) is 0 Å². The van der Waals surface area contributed by atoms with E-state index in [4.69, 9.17) is 21.2 Å². The number of ether oxygens (including phenoxy) is 1. The maximum Gasteiger partial charge on any atom is 0.471 e. The third kappa shape index (κ3) is 5.33. The Labute approximate surface area is 151 Å². The lowest BCUT2D eigenvalue weighted by Crippen LogP contribution is -2.30. The van der Waals surface area contributed by atoms with Crippen LogP contribution in [0.25, 0.3) is 11.4 Å². The van der Waals surface area contributed by atoms with Gasteiger partial charge in [-0.2, -0.15) is 23.2 Å². The Morgan fingerprint density at radius 3 is 2.54 bits per heavy atom. The van der Waals surface area contributed by atoms with E-state index in [1.165, 1.54) is 19.2 Å². The average Bonchev–Trinajstić information content (AvgIpc) is 3.11. The van der Waals surface area contributed by atoms with Crippen molar-refractivity contribution >= 4 is 17.7 Å². The number of amides is 1. The number of halogens is 4. The van der Waals surface area contributed by atoms with Gasteiger partial charge in [-0.25, -0.2) is 4.79 Å². The Balaban J connectivity index is 2.02. The lowest BCUT2D eigenvalue weighted by Gasteiger charge is -2.19. The van der Waals surface area contributed by atoms with Gasteiger partial charge in [0.2, 0.25) is 5.82 Å². The first kappa shape index (κ1) is 20.0. The summed E-state index contributed by atoms with van der Waals surface area (Å²) in [5.41, 5.74) is 0.992. The van der Waals surface area contributed by atoms with Gasteiger partial charge in [0, 0.05) is 11.4 Å². The van der Waals surface area contributed by atoms with Crippen LogP contribution in [0.2, 0.25) is 0 Å². The van der Waals surface area contributed by atoms with Crippen LogP contribution in [0.15, 0.2) is 28.8 Å². The van der Waals surface area contributed by atoms with Crippen LogP contribution in [0.4, 0.5) is 18.0 Å². The largest absolute Gasteiger partial charge is 0.471 e. The molecule has 1 aromatic heterocycles. The molecule has 1 aromatic carbocycles. The Bertz CT molecular complexity index is 722. The summed E-state index contributed by atoms with van der Waals surface area (Å²) in [5, 5.41) is 4.30. The molecule has 7 nitrogen and oxygen atoms in total. The van der Waals surface area contributed by atoms with Crippen molar-refractivity contribution in [3.05, 3.63) is 35.7 Å². The van der Waals surface area contributed by atoms with Gasteiger partial charge in [0.1, 0.15) is 0 Å². The van der Waals surface area contributed by atoms with Gasteiger partial charge < -0.3 is 9.26 Å². The van der Waals surface area contributed by atoms with E-state index in [1.54, 1.807) is 12.1 Å². The molecule has 0 N–H and O–H groups in total. The number of carbonyl (C=O) groups is 1. The predicted octanol–water partition coefficient (Wildman–Crippen LogP) is 3.88. The molecule has 2 rings (SSSR count). The first-order chi connectivity index (χ1) is 12.3. The molecule has 0 bridgehead atoms. The number of carbonyl (C=O) groups excluding carboxylic acids is 1. The molecular weight excluding hydrogens is 379 g/mol. The number of alkyl halides is 4. The minimum absolute atomic E-state index is 0.0799. The van der Waals surface area contributed by atoms with Gasteiger partial charge >= 0.3 is 18.2 Å². The number of hydrogen-bond acceptors (Lipinski definition) is 6. The highest BCUT2D eigenvalue weighted by molar-refractivity contribution is 6.17. The van der Waals surface area contributed by atoms with Crippen LogP contribution < -0.4 is 0 Å². The molecule has 0 radical (unpaired) electrons. The average molecular weight is 394 g/mol. The smallest absolute Gasteiger partial charge is 0.448 e. The molecule has 0 atom stereocenters. The lowest BCUT2D eigenvalue weighted by atomic mass is 10.1. The van der Waals surface area contributed by atoms with Crippen molar-refractivity contribution in [3.63, 3.8) is 0 Å². The topological polar surface area (TPSA) is 77.7 Å². The molecular formula is C15H15ClF3N3O4. The summed E-state index contributed by atoms with van der Waals surface area (Å²) in [7, 11) is 1.31. The zero-order chi connectivity index (χ0) is 19.2. The minimum atomic E-state index is -4.70. The summed E-state index contributed by atoms with van der Waals surface area (Å²) >= 11 is 5.50. The van der Waals surface area contributed by atoms with Crippen LogP contribution in [0.5, 0.6) is 0 Å². The van der Waals surface area contributed by atoms with Crippen LogP contribution >= 0.6 is 11.6 Å². The van der Waals surface area contributed by atoms with Crippen molar-refractivity contribution in [1.82, 2.24) is 15.2 Å². The van der Waals surface area contributed by atoms with Gasteiger partial charge in [-0.15, -0.1) is 11.6 Å². The summed E-state index contributed by atoms with van der Waals surface area (Å²) in [4.78, 5) is 20.1. The maximum atomic E-state index is 12.5. The van der Waals surface area contributed by atoms with Crippen LogP contribution in [0.1, 0.15) is 17.9 Å². The summed E-state index contributed by atoms with van der Waals surface area (Å²) in [6.45, 7) is 0.247. The molecule has 1 amide bonds. The molecule has 2 aromatic rings. The Hall–Kier alpha value is -2.33. The van der Waals surface area contributed by atoms with Crippen molar-refractivity contribution in [2.45, 2.75) is 19.1 Å². The van der Waals surface area contributed by atoms with Gasteiger partial charge in [0.15, 0.2) is 0 Å². The van der Waals surface area contributed by atoms with Crippen LogP contribution in [0.3, 0.4) is 0 Å². The molecule has 11 heteroatoms. The Morgan fingerprint density at radius 1 is 1.31 bits per heavy atom. The molecule has 142 valence electrons. The van der Waals surface area contributed by atoms with Crippen LogP contribution in [-0.2, 0) is 22.3 Å². The Morgan fingerprint density at radius 2 is 2.00 bits per heavy atom. The van der Waals surface area contributed by atoms with Gasteiger partial charge in [-0.3, -0.25) is 4.84 Å². The molecule has 0 saturated carbocycles. The molecule has 0 spiro atoms. The number of hydrogen-bond donors (Lipinski definition) is 0. The highest BCUT2D eigenvalue weighted by Gasteiger charge is 2.38. The van der Waals surface area contributed by atoms with Crippen molar-refractivity contribution in [2.75, 3.05) is 19.6 Å². The van der Waals surface area contributed by atoms with Crippen molar-refractivity contribution < 1.29 is 32.1 Å². The number of hydroxylamine groups is 2. The van der Waals surface area contributed by atoms with E-state index in [9.17, 15) is 18.0 Å². The number of benzene rings is 1. The first-order valence-electron chi connectivity index (χ1n) is 7.39. The third-order valence-electron chi connectivity index (χ3n) is 3.13. The fraction of sp³-hybridized carbons (Fsp3) is 0.400. The SMILES string of the molecule is CON(Cc1ccc(-c2noc(C(F)(F)F)n2)cc1)C(=O)OCCCCl. The zero-order valence-corrected chi connectivity index (χ0v) is 14.4. The summed E-state index contributed by atoms with van der Waals surface area (Å²) < 4.78 is 46.6. The fourth-order valence-corrected chi connectivity index (χ4v) is 1.98. The molecule has 1 heterocycles. The first-order valence-corrected chi connectivity index (χ1v) is 7.93. The highest BCUT2D eigenvalue weighted by atomic mass is 35.5.